The number of nitrogens with one attached hydrogen (secondary N) is 1. The minimum absolute atomic E-state index is 0.0386. The lowest BCUT2D eigenvalue weighted by molar-refractivity contribution is -0.384. The molecule has 0 spiro atoms. The van der Waals surface area contributed by atoms with E-state index < -0.39 is 10.7 Å². The van der Waals surface area contributed by atoms with Gasteiger partial charge in [0.25, 0.3) is 5.69 Å². The molecule has 0 bridgehead atoms. The van der Waals surface area contributed by atoms with Gasteiger partial charge in [0.1, 0.15) is 16.5 Å². The number of benzene rings is 1. The van der Waals surface area contributed by atoms with Crippen LogP contribution in [0.2, 0.25) is 5.15 Å². The molecule has 1 aromatic heterocycles. The topological polar surface area (TPSA) is 73.0 Å². The van der Waals surface area contributed by atoms with Gasteiger partial charge in [-0.25, -0.2) is 9.07 Å². The lowest BCUT2D eigenvalue weighted by Crippen LogP contribution is -2.13. The Hall–Kier alpha value is -2.15. The smallest absolute Gasteiger partial charge is 0.295 e. The van der Waals surface area contributed by atoms with Gasteiger partial charge < -0.3 is 5.32 Å². The molecule has 0 saturated heterocycles. The zero-order valence-electron chi connectivity index (χ0n) is 13.5. The Morgan fingerprint density at radius 2 is 2.08 bits per heavy atom. The molecule has 1 N–H and O–H groups in total. The molecular weight excluding hydrogens is 335 g/mol. The average molecular weight is 353 g/mol. The summed E-state index contributed by atoms with van der Waals surface area (Å²) in [6.07, 6.45) is 3.69. The first-order chi connectivity index (χ1) is 11.4. The summed E-state index contributed by atoms with van der Waals surface area (Å²) >= 11 is 6.39. The molecule has 1 aliphatic rings. The summed E-state index contributed by atoms with van der Waals surface area (Å²) in [5.74, 6) is -0.724. The van der Waals surface area contributed by atoms with E-state index in [0.717, 1.165) is 43.0 Å². The van der Waals surface area contributed by atoms with Crippen molar-refractivity contribution in [3.8, 4) is 5.69 Å². The molecule has 0 saturated carbocycles. The van der Waals surface area contributed by atoms with Crippen LogP contribution < -0.4 is 5.32 Å². The third-order valence-corrected chi connectivity index (χ3v) is 4.42. The van der Waals surface area contributed by atoms with Gasteiger partial charge >= 0.3 is 0 Å². The molecule has 0 aliphatic heterocycles. The van der Waals surface area contributed by atoms with Crippen molar-refractivity contribution in [2.75, 3.05) is 5.32 Å². The van der Waals surface area contributed by atoms with Crippen molar-refractivity contribution in [2.24, 2.45) is 0 Å². The van der Waals surface area contributed by atoms with E-state index in [-0.39, 0.29) is 23.1 Å². The van der Waals surface area contributed by atoms with Crippen LogP contribution in [0.1, 0.15) is 37.9 Å². The number of nitro benzene ring substituents is 1. The Kier molecular flexibility index (Phi) is 4.45. The minimum atomic E-state index is -0.724. The molecule has 1 heterocycles. The number of hydrogen-bond donors (Lipinski definition) is 1. The molecule has 128 valence electrons. The van der Waals surface area contributed by atoms with Crippen LogP contribution in [0.3, 0.4) is 0 Å². The SMILES string of the molecule is CC(C)Nc1cc(-n2nc3c(c2Cl)CCCC3)c(F)cc1[N+](=O)[O-]. The third-order valence-electron chi connectivity index (χ3n) is 4.03. The molecule has 0 fully saturated rings. The van der Waals surface area contributed by atoms with Gasteiger partial charge in [-0.2, -0.15) is 5.10 Å². The molecule has 3 rings (SSSR count). The highest BCUT2D eigenvalue weighted by atomic mass is 35.5. The summed E-state index contributed by atoms with van der Waals surface area (Å²) in [4.78, 5) is 10.6. The Bertz CT molecular complexity index is 804. The lowest BCUT2D eigenvalue weighted by atomic mass is 9.99. The third kappa shape index (κ3) is 2.96. The summed E-state index contributed by atoms with van der Waals surface area (Å²) in [7, 11) is 0. The van der Waals surface area contributed by atoms with E-state index in [2.05, 4.69) is 10.4 Å². The highest BCUT2D eigenvalue weighted by Gasteiger charge is 2.25. The maximum Gasteiger partial charge on any atom is 0.295 e. The van der Waals surface area contributed by atoms with Crippen molar-refractivity contribution in [1.82, 2.24) is 9.78 Å². The summed E-state index contributed by atoms with van der Waals surface area (Å²) in [5.41, 5.74) is 1.87. The fourth-order valence-electron chi connectivity index (χ4n) is 2.97. The van der Waals surface area contributed by atoms with Gasteiger partial charge in [0.15, 0.2) is 5.82 Å². The molecule has 0 radical (unpaired) electrons. The molecule has 8 heteroatoms. The van der Waals surface area contributed by atoms with E-state index in [0.29, 0.717) is 5.15 Å². The average Bonchev–Trinajstić information content (AvgIpc) is 2.85. The van der Waals surface area contributed by atoms with Gasteiger partial charge in [0.2, 0.25) is 0 Å². The Balaban J connectivity index is 2.14. The van der Waals surface area contributed by atoms with Gasteiger partial charge in [0, 0.05) is 11.6 Å². The molecular formula is C16H18ClFN4O2. The van der Waals surface area contributed by atoms with Crippen LogP contribution in [-0.4, -0.2) is 20.7 Å². The monoisotopic (exact) mass is 352 g/mol. The fraction of sp³-hybridized carbons (Fsp3) is 0.438. The van der Waals surface area contributed by atoms with Crippen LogP contribution in [0.15, 0.2) is 12.1 Å². The van der Waals surface area contributed by atoms with Crippen LogP contribution in [0.5, 0.6) is 0 Å². The fourth-order valence-corrected chi connectivity index (χ4v) is 3.30. The van der Waals surface area contributed by atoms with Crippen molar-refractivity contribution in [3.63, 3.8) is 0 Å². The molecule has 0 amide bonds. The zero-order chi connectivity index (χ0) is 17.4. The Morgan fingerprint density at radius 3 is 2.71 bits per heavy atom. The van der Waals surface area contributed by atoms with Crippen molar-refractivity contribution in [2.45, 2.75) is 45.6 Å². The number of hydrogen-bond acceptors (Lipinski definition) is 4. The quantitative estimate of drug-likeness (QED) is 0.658. The number of aryl methyl sites for hydroxylation is 1. The van der Waals surface area contributed by atoms with E-state index in [1.54, 1.807) is 0 Å². The summed E-state index contributed by atoms with van der Waals surface area (Å²) in [5, 5.41) is 19.0. The van der Waals surface area contributed by atoms with E-state index in [9.17, 15) is 14.5 Å². The number of anilines is 1. The van der Waals surface area contributed by atoms with E-state index in [1.807, 2.05) is 13.8 Å². The van der Waals surface area contributed by atoms with Gasteiger partial charge in [-0.3, -0.25) is 10.1 Å². The minimum Gasteiger partial charge on any atom is -0.377 e. The standard InChI is InChI=1S/C16H18ClFN4O2/c1-9(2)19-13-8-14(11(18)7-15(13)22(23)24)21-16(17)10-5-3-4-6-12(10)20-21/h7-9,19H,3-6H2,1-2H3. The molecule has 1 aromatic carbocycles. The number of halogens is 2. The van der Waals surface area contributed by atoms with Crippen molar-refractivity contribution >= 4 is 23.0 Å². The number of nitrogens with zero attached hydrogens (tertiary/aromatic N) is 3. The normalized spacial score (nSPS) is 13.9. The number of aromatic nitrogens is 2. The maximum absolute atomic E-state index is 14.5. The van der Waals surface area contributed by atoms with Crippen molar-refractivity contribution < 1.29 is 9.31 Å². The Labute approximate surface area is 143 Å². The summed E-state index contributed by atoms with van der Waals surface area (Å²) in [6.45, 7) is 3.71. The molecule has 6 nitrogen and oxygen atoms in total. The highest BCUT2D eigenvalue weighted by molar-refractivity contribution is 6.30. The van der Waals surface area contributed by atoms with E-state index in [1.165, 1.54) is 10.7 Å². The van der Waals surface area contributed by atoms with Crippen LogP contribution in [0, 0.1) is 15.9 Å². The first kappa shape index (κ1) is 16.7. The van der Waals surface area contributed by atoms with E-state index >= 15 is 0 Å². The molecule has 0 unspecified atom stereocenters. The number of rotatable bonds is 4. The van der Waals surface area contributed by atoms with Gasteiger partial charge in [-0.05, 0) is 45.6 Å². The number of fused-ring (bicyclic) bond motifs is 1. The molecule has 0 atom stereocenters. The highest BCUT2D eigenvalue weighted by Crippen LogP contribution is 2.34. The first-order valence-corrected chi connectivity index (χ1v) is 8.27. The van der Waals surface area contributed by atoms with Crippen LogP contribution >= 0.6 is 11.6 Å². The van der Waals surface area contributed by atoms with E-state index in [4.69, 9.17) is 11.6 Å². The number of nitro groups is 1. The summed E-state index contributed by atoms with van der Waals surface area (Å²) in [6, 6.07) is 2.28. The maximum atomic E-state index is 14.5. The van der Waals surface area contributed by atoms with Crippen LogP contribution in [-0.2, 0) is 12.8 Å². The zero-order valence-corrected chi connectivity index (χ0v) is 14.2. The molecule has 24 heavy (non-hydrogen) atoms. The lowest BCUT2D eigenvalue weighted by Gasteiger charge is -2.13. The van der Waals surface area contributed by atoms with Crippen molar-refractivity contribution in [1.29, 1.82) is 0 Å². The second-order valence-electron chi connectivity index (χ2n) is 6.21. The largest absolute Gasteiger partial charge is 0.377 e. The van der Waals surface area contributed by atoms with Crippen molar-refractivity contribution in [3.05, 3.63) is 44.5 Å². The van der Waals surface area contributed by atoms with Crippen LogP contribution in [0.4, 0.5) is 15.8 Å². The van der Waals surface area contributed by atoms with Gasteiger partial charge in [0.05, 0.1) is 16.7 Å². The van der Waals surface area contributed by atoms with Crippen LogP contribution in [0.25, 0.3) is 5.69 Å². The van der Waals surface area contributed by atoms with Gasteiger partial charge in [-0.1, -0.05) is 11.6 Å². The molecule has 1 aliphatic carbocycles. The van der Waals surface area contributed by atoms with Gasteiger partial charge in [-0.15, -0.1) is 0 Å². The molecule has 2 aromatic rings. The predicted octanol–water partition coefficient (Wildman–Crippen LogP) is 4.27. The second-order valence-corrected chi connectivity index (χ2v) is 6.57. The Morgan fingerprint density at radius 1 is 1.38 bits per heavy atom. The second kappa shape index (κ2) is 6.39. The summed E-state index contributed by atoms with van der Waals surface area (Å²) < 4.78 is 15.9. The predicted molar refractivity (Wildman–Crippen MR) is 90.6 cm³/mol. The first-order valence-electron chi connectivity index (χ1n) is 7.89.